The summed E-state index contributed by atoms with van der Waals surface area (Å²) in [4.78, 5) is 18.3. The van der Waals surface area contributed by atoms with Crippen LogP contribution < -0.4 is 15.0 Å². The Hall–Kier alpha value is -2.71. The number of ether oxygens (including phenoxy) is 1. The van der Waals surface area contributed by atoms with Crippen molar-refractivity contribution < 1.29 is 22.8 Å². The Kier molecular flexibility index (Phi) is 8.23. The van der Waals surface area contributed by atoms with Crippen molar-refractivity contribution >= 4 is 11.9 Å². The van der Waals surface area contributed by atoms with Crippen LogP contribution in [-0.2, 0) is 5.92 Å². The number of hydrogen-bond donors (Lipinski definition) is 1. The Morgan fingerprint density at radius 2 is 1.94 bits per heavy atom. The van der Waals surface area contributed by atoms with Crippen molar-refractivity contribution in [3.05, 3.63) is 35.2 Å². The molecule has 4 rings (SSSR count). The van der Waals surface area contributed by atoms with Gasteiger partial charge in [-0.15, -0.1) is 0 Å². The largest absolute Gasteiger partial charge is 0.494 e. The maximum absolute atomic E-state index is 13.3. The first-order valence-corrected chi connectivity index (χ1v) is 12.8. The van der Waals surface area contributed by atoms with E-state index in [1.54, 1.807) is 0 Å². The Morgan fingerprint density at radius 1 is 1.20 bits per heavy atom. The third-order valence-corrected chi connectivity index (χ3v) is 7.18. The number of carbonyl (C=O) groups is 1. The third kappa shape index (κ3) is 6.92. The summed E-state index contributed by atoms with van der Waals surface area (Å²) < 4.78 is 37.3. The number of anilines is 1. The number of benzene rings is 1. The van der Waals surface area contributed by atoms with Crippen LogP contribution in [0, 0.1) is 18.8 Å². The van der Waals surface area contributed by atoms with E-state index in [0.29, 0.717) is 24.0 Å². The van der Waals surface area contributed by atoms with Gasteiger partial charge in [-0.2, -0.15) is 13.8 Å². The fourth-order valence-corrected chi connectivity index (χ4v) is 5.03. The number of aryl methyl sites for hydroxylation is 1. The van der Waals surface area contributed by atoms with Crippen LogP contribution >= 0.6 is 0 Å². The average molecular weight is 491 g/mol. The molecule has 1 aromatic carbocycles. The Bertz CT molecular complexity index is 977. The topological polar surface area (TPSA) is 80.5 Å². The molecular formula is C26H36F2N4O3. The monoisotopic (exact) mass is 490 g/mol. The number of hydrogen-bond acceptors (Lipinski definition) is 6. The molecular weight excluding hydrogens is 454 g/mol. The summed E-state index contributed by atoms with van der Waals surface area (Å²) in [5, 5.41) is 6.79. The van der Waals surface area contributed by atoms with E-state index < -0.39 is 11.8 Å². The van der Waals surface area contributed by atoms with Gasteiger partial charge in [0.2, 0.25) is 0 Å². The lowest BCUT2D eigenvalue weighted by molar-refractivity contribution is -0.0158. The summed E-state index contributed by atoms with van der Waals surface area (Å²) in [6, 6.07) is 5.65. The van der Waals surface area contributed by atoms with E-state index in [-0.39, 0.29) is 11.9 Å². The van der Waals surface area contributed by atoms with Gasteiger partial charge in [-0.25, -0.2) is 0 Å². The lowest BCUT2D eigenvalue weighted by atomic mass is 9.92. The molecule has 0 bridgehead atoms. The average Bonchev–Trinajstić information content (AvgIpc) is 3.53. The molecule has 7 nitrogen and oxygen atoms in total. The first-order valence-electron chi connectivity index (χ1n) is 12.8. The molecule has 1 aliphatic heterocycles. The molecule has 2 fully saturated rings. The number of nitrogens with one attached hydrogen (secondary N) is 1. The van der Waals surface area contributed by atoms with Gasteiger partial charge in [0.25, 0.3) is 17.7 Å². The minimum atomic E-state index is -3.12. The SMILES string of the molecule is Cc1cc(OCCCC2CCN(c3noc(C(C)(F)F)n3)CC2)ccc1C(=O)NCC1CCCC1. The van der Waals surface area contributed by atoms with Gasteiger partial charge in [0.15, 0.2) is 0 Å². The molecule has 35 heavy (non-hydrogen) atoms. The van der Waals surface area contributed by atoms with Crippen molar-refractivity contribution in [3.63, 3.8) is 0 Å². The molecule has 0 unspecified atom stereocenters. The fourth-order valence-electron chi connectivity index (χ4n) is 5.03. The van der Waals surface area contributed by atoms with Crippen molar-refractivity contribution in [1.82, 2.24) is 15.5 Å². The summed E-state index contributed by atoms with van der Waals surface area (Å²) in [6.07, 6.45) is 8.85. The van der Waals surface area contributed by atoms with Gasteiger partial charge in [0.1, 0.15) is 5.75 Å². The van der Waals surface area contributed by atoms with Crippen molar-refractivity contribution in [2.45, 2.75) is 71.1 Å². The zero-order valence-electron chi connectivity index (χ0n) is 20.7. The van der Waals surface area contributed by atoms with Gasteiger partial charge in [0.05, 0.1) is 6.61 Å². The van der Waals surface area contributed by atoms with Crippen LogP contribution in [0.1, 0.15) is 80.1 Å². The number of alkyl halides is 2. The Balaban J connectivity index is 1.15. The van der Waals surface area contributed by atoms with Gasteiger partial charge in [0, 0.05) is 32.1 Å². The molecule has 0 atom stereocenters. The van der Waals surface area contributed by atoms with E-state index >= 15 is 0 Å². The fraction of sp³-hybridized carbons (Fsp3) is 0.654. The van der Waals surface area contributed by atoms with E-state index in [1.807, 2.05) is 30.0 Å². The van der Waals surface area contributed by atoms with E-state index in [0.717, 1.165) is 63.6 Å². The Labute approximate surface area is 205 Å². The summed E-state index contributed by atoms with van der Waals surface area (Å²) in [5.74, 6) is -1.56. The second kappa shape index (κ2) is 11.4. The molecule has 192 valence electrons. The summed E-state index contributed by atoms with van der Waals surface area (Å²) >= 11 is 0. The second-order valence-electron chi connectivity index (χ2n) is 10.0. The highest BCUT2D eigenvalue weighted by Crippen LogP contribution is 2.29. The number of nitrogens with zero attached hydrogens (tertiary/aromatic N) is 3. The first kappa shape index (κ1) is 25.4. The van der Waals surface area contributed by atoms with Crippen LogP contribution in [0.3, 0.4) is 0 Å². The number of aromatic nitrogens is 2. The molecule has 2 aromatic rings. The zero-order chi connectivity index (χ0) is 24.8. The maximum atomic E-state index is 13.3. The first-order chi connectivity index (χ1) is 16.8. The van der Waals surface area contributed by atoms with Gasteiger partial charge >= 0.3 is 5.92 Å². The predicted molar refractivity (Wildman–Crippen MR) is 129 cm³/mol. The molecule has 9 heteroatoms. The molecule has 1 aromatic heterocycles. The van der Waals surface area contributed by atoms with Gasteiger partial charge in [-0.1, -0.05) is 12.8 Å². The minimum absolute atomic E-state index is 0.00672. The number of halogens is 2. The smallest absolute Gasteiger partial charge is 0.322 e. The van der Waals surface area contributed by atoms with E-state index in [4.69, 9.17) is 9.26 Å². The standard InChI is InChI=1S/C26H36F2N4O3/c1-18-16-21(9-10-22(18)23(33)29-17-20-6-3-4-7-20)34-15-5-8-19-11-13-32(14-12-19)25-30-24(35-31-25)26(2,27)28/h9-10,16,19-20H,3-8,11-15,17H2,1-2H3,(H,29,33). The van der Waals surface area contributed by atoms with Crippen LogP contribution in [0.15, 0.2) is 22.7 Å². The van der Waals surface area contributed by atoms with Crippen LogP contribution in [0.2, 0.25) is 0 Å². The summed E-state index contributed by atoms with van der Waals surface area (Å²) in [5.41, 5.74) is 1.63. The van der Waals surface area contributed by atoms with Crippen LogP contribution in [0.5, 0.6) is 5.75 Å². The van der Waals surface area contributed by atoms with Crippen LogP contribution in [-0.4, -0.2) is 42.3 Å². The number of piperidine rings is 1. The van der Waals surface area contributed by atoms with Crippen LogP contribution in [0.25, 0.3) is 0 Å². The molecule has 1 aliphatic carbocycles. The van der Waals surface area contributed by atoms with E-state index in [9.17, 15) is 13.6 Å². The van der Waals surface area contributed by atoms with Gasteiger partial charge in [-0.3, -0.25) is 4.79 Å². The van der Waals surface area contributed by atoms with Crippen molar-refractivity contribution in [2.75, 3.05) is 31.1 Å². The highest BCUT2D eigenvalue weighted by Gasteiger charge is 2.33. The number of amides is 1. The highest BCUT2D eigenvalue weighted by molar-refractivity contribution is 5.95. The normalized spacial score (nSPS) is 17.7. The molecule has 0 spiro atoms. The van der Waals surface area contributed by atoms with Crippen molar-refractivity contribution in [2.24, 2.45) is 11.8 Å². The van der Waals surface area contributed by atoms with E-state index in [1.165, 1.54) is 25.7 Å². The molecule has 1 N–H and O–H groups in total. The highest BCUT2D eigenvalue weighted by atomic mass is 19.3. The lowest BCUT2D eigenvalue weighted by Gasteiger charge is -2.30. The third-order valence-electron chi connectivity index (χ3n) is 7.18. The molecule has 2 heterocycles. The quantitative estimate of drug-likeness (QED) is 0.444. The van der Waals surface area contributed by atoms with Crippen molar-refractivity contribution in [1.29, 1.82) is 0 Å². The lowest BCUT2D eigenvalue weighted by Crippen LogP contribution is -2.34. The van der Waals surface area contributed by atoms with Crippen molar-refractivity contribution in [3.8, 4) is 5.75 Å². The number of carbonyl (C=O) groups excluding carboxylic acids is 1. The molecule has 1 saturated heterocycles. The van der Waals surface area contributed by atoms with E-state index in [2.05, 4.69) is 15.5 Å². The summed E-state index contributed by atoms with van der Waals surface area (Å²) in [6.45, 7) is 5.53. The van der Waals surface area contributed by atoms with Gasteiger partial charge in [-0.05, 0) is 86.2 Å². The molecule has 0 radical (unpaired) electrons. The summed E-state index contributed by atoms with van der Waals surface area (Å²) in [7, 11) is 0. The predicted octanol–water partition coefficient (Wildman–Crippen LogP) is 5.49. The molecule has 2 aliphatic rings. The van der Waals surface area contributed by atoms with Crippen LogP contribution in [0.4, 0.5) is 14.7 Å². The Morgan fingerprint density at radius 3 is 2.60 bits per heavy atom. The second-order valence-corrected chi connectivity index (χ2v) is 10.0. The maximum Gasteiger partial charge on any atom is 0.322 e. The van der Waals surface area contributed by atoms with Gasteiger partial charge < -0.3 is 19.5 Å². The molecule has 1 saturated carbocycles. The zero-order valence-corrected chi connectivity index (χ0v) is 20.7. The number of rotatable bonds is 10. The minimum Gasteiger partial charge on any atom is -0.494 e. The molecule has 1 amide bonds.